The molecule has 16 heavy (non-hydrogen) atoms. The Labute approximate surface area is 94.6 Å². The maximum atomic E-state index is 3.58. The summed E-state index contributed by atoms with van der Waals surface area (Å²) in [5, 5.41) is 1.41. The molecule has 0 spiro atoms. The van der Waals surface area contributed by atoms with Gasteiger partial charge in [0, 0.05) is 24.0 Å². The van der Waals surface area contributed by atoms with Crippen molar-refractivity contribution in [1.82, 2.24) is 9.88 Å². The van der Waals surface area contributed by atoms with E-state index in [4.69, 9.17) is 0 Å². The van der Waals surface area contributed by atoms with Gasteiger partial charge >= 0.3 is 0 Å². The van der Waals surface area contributed by atoms with Crippen LogP contribution in [0.1, 0.15) is 17.7 Å². The Bertz CT molecular complexity index is 592. The number of hydrogen-bond acceptors (Lipinski definition) is 1. The Kier molecular flexibility index (Phi) is 1.54. The van der Waals surface area contributed by atoms with Gasteiger partial charge in [0.05, 0.1) is 11.4 Å². The van der Waals surface area contributed by atoms with Crippen molar-refractivity contribution in [3.63, 3.8) is 0 Å². The van der Waals surface area contributed by atoms with Crippen molar-refractivity contribution >= 4 is 16.6 Å². The van der Waals surface area contributed by atoms with Crippen LogP contribution in [0, 0.1) is 0 Å². The summed E-state index contributed by atoms with van der Waals surface area (Å²) in [6, 6.07) is 8.64. The first kappa shape index (κ1) is 8.45. The molecule has 1 aromatic heterocycles. The van der Waals surface area contributed by atoms with Gasteiger partial charge in [0.25, 0.3) is 0 Å². The maximum Gasteiger partial charge on any atom is 0.0658 e. The van der Waals surface area contributed by atoms with Crippen LogP contribution in [0.5, 0.6) is 0 Å². The second-order valence-electron chi connectivity index (χ2n) is 4.64. The van der Waals surface area contributed by atoms with E-state index in [-0.39, 0.29) is 0 Å². The normalized spacial score (nSPS) is 18.5. The summed E-state index contributed by atoms with van der Waals surface area (Å²) >= 11 is 0. The molecule has 0 radical (unpaired) electrons. The molecular weight excluding hydrogens is 196 g/mol. The second-order valence-corrected chi connectivity index (χ2v) is 4.64. The lowest BCUT2D eigenvalue weighted by atomic mass is 10.0. The number of nitrogens with zero attached hydrogens (tertiary/aromatic N) is 1. The lowest BCUT2D eigenvalue weighted by molar-refractivity contribution is 0.418. The largest absolute Gasteiger partial charge is 0.369 e. The first-order valence-electron chi connectivity index (χ1n) is 5.98. The molecule has 0 aliphatic carbocycles. The predicted octanol–water partition coefficient (Wildman–Crippen LogP) is 2.77. The fraction of sp³-hybridized carbons (Fsp3) is 0.286. The highest BCUT2D eigenvalue weighted by molar-refractivity contribution is 5.90. The number of rotatable bonds is 0. The summed E-state index contributed by atoms with van der Waals surface area (Å²) in [6.07, 6.45) is 4.74. The Morgan fingerprint density at radius 2 is 2.06 bits per heavy atom. The van der Waals surface area contributed by atoms with Crippen LogP contribution in [-0.4, -0.2) is 23.0 Å². The zero-order valence-electron chi connectivity index (χ0n) is 9.16. The smallest absolute Gasteiger partial charge is 0.0658 e. The molecule has 2 aromatic rings. The van der Waals surface area contributed by atoms with E-state index >= 15 is 0 Å². The van der Waals surface area contributed by atoms with Gasteiger partial charge in [0.2, 0.25) is 0 Å². The number of para-hydroxylation sites is 1. The Morgan fingerprint density at radius 3 is 3.06 bits per heavy atom. The van der Waals surface area contributed by atoms with Gasteiger partial charge in [-0.15, -0.1) is 0 Å². The monoisotopic (exact) mass is 210 g/mol. The average molecular weight is 210 g/mol. The molecule has 0 saturated carbocycles. The fourth-order valence-corrected chi connectivity index (χ4v) is 3.02. The molecule has 3 heterocycles. The minimum Gasteiger partial charge on any atom is -0.369 e. The lowest BCUT2D eigenvalue weighted by Gasteiger charge is -2.27. The number of fused-ring (bicyclic) bond motifs is 5. The highest BCUT2D eigenvalue weighted by Gasteiger charge is 2.26. The van der Waals surface area contributed by atoms with Crippen LogP contribution in [0.25, 0.3) is 16.6 Å². The molecular formula is C14H14N2. The summed E-state index contributed by atoms with van der Waals surface area (Å²) in [5.74, 6) is 0. The van der Waals surface area contributed by atoms with Crippen LogP contribution in [0.2, 0.25) is 0 Å². The lowest BCUT2D eigenvalue weighted by Crippen LogP contribution is -2.26. The van der Waals surface area contributed by atoms with Crippen LogP contribution in [0.3, 0.4) is 0 Å². The topological polar surface area (TPSA) is 19.0 Å². The van der Waals surface area contributed by atoms with E-state index in [0.717, 1.165) is 0 Å². The van der Waals surface area contributed by atoms with E-state index in [2.05, 4.69) is 40.2 Å². The number of H-pyrrole nitrogens is 1. The quantitative estimate of drug-likeness (QED) is 0.708. The first-order valence-corrected chi connectivity index (χ1v) is 5.98. The van der Waals surface area contributed by atoms with Crippen LogP contribution < -0.4 is 0 Å². The van der Waals surface area contributed by atoms with Crippen LogP contribution >= 0.6 is 0 Å². The predicted molar refractivity (Wildman–Crippen MR) is 66.2 cm³/mol. The number of hydrogen-bond donors (Lipinski definition) is 1. The number of nitrogens with one attached hydrogen (secondary N) is 1. The average Bonchev–Trinajstić information content (AvgIpc) is 2.92. The SMILES string of the molecule is C1=C2c3[nH]c4ccccc4c3CCN2CC1. The van der Waals surface area contributed by atoms with Crippen molar-refractivity contribution < 1.29 is 0 Å². The molecule has 0 unspecified atom stereocenters. The van der Waals surface area contributed by atoms with Gasteiger partial charge in [-0.2, -0.15) is 0 Å². The van der Waals surface area contributed by atoms with Gasteiger partial charge in [-0.25, -0.2) is 0 Å². The molecule has 0 saturated heterocycles. The minimum atomic E-state index is 1.18. The van der Waals surface area contributed by atoms with Gasteiger partial charge in [0.1, 0.15) is 0 Å². The van der Waals surface area contributed by atoms with E-state index in [1.165, 1.54) is 53.8 Å². The summed E-state index contributed by atoms with van der Waals surface area (Å²) in [5.41, 5.74) is 5.59. The van der Waals surface area contributed by atoms with Gasteiger partial charge in [-0.3, -0.25) is 0 Å². The fourth-order valence-electron chi connectivity index (χ4n) is 3.02. The van der Waals surface area contributed by atoms with E-state index in [9.17, 15) is 0 Å². The third kappa shape index (κ3) is 0.967. The van der Waals surface area contributed by atoms with Crippen LogP contribution in [0.4, 0.5) is 0 Å². The zero-order valence-corrected chi connectivity index (χ0v) is 9.16. The Balaban J connectivity index is 2.03. The molecule has 1 aromatic carbocycles. The minimum absolute atomic E-state index is 1.18. The van der Waals surface area contributed by atoms with E-state index in [0.29, 0.717) is 0 Å². The molecule has 2 nitrogen and oxygen atoms in total. The number of aromatic amines is 1. The molecule has 2 heteroatoms. The highest BCUT2D eigenvalue weighted by atomic mass is 15.2. The van der Waals surface area contributed by atoms with Crippen molar-refractivity contribution in [2.24, 2.45) is 0 Å². The standard InChI is InChI=1S/C14H14N2/c1-2-5-12-10(4-1)11-7-9-16-8-3-6-13(16)14(11)15-12/h1-2,4-6,15H,3,7-9H2. The second kappa shape index (κ2) is 2.91. The summed E-state index contributed by atoms with van der Waals surface area (Å²) in [6.45, 7) is 2.38. The molecule has 2 aliphatic rings. The summed E-state index contributed by atoms with van der Waals surface area (Å²) in [7, 11) is 0. The Morgan fingerprint density at radius 1 is 1.12 bits per heavy atom. The van der Waals surface area contributed by atoms with E-state index < -0.39 is 0 Å². The van der Waals surface area contributed by atoms with Gasteiger partial charge in [-0.1, -0.05) is 24.3 Å². The van der Waals surface area contributed by atoms with E-state index in [1.54, 1.807) is 0 Å². The number of benzene rings is 1. The molecule has 0 bridgehead atoms. The van der Waals surface area contributed by atoms with Crippen molar-refractivity contribution in [3.05, 3.63) is 41.6 Å². The molecule has 80 valence electrons. The van der Waals surface area contributed by atoms with Gasteiger partial charge in [-0.05, 0) is 24.5 Å². The Hall–Kier alpha value is -1.70. The zero-order chi connectivity index (χ0) is 10.5. The molecule has 0 fully saturated rings. The molecule has 4 rings (SSSR count). The van der Waals surface area contributed by atoms with Crippen molar-refractivity contribution in [2.45, 2.75) is 12.8 Å². The van der Waals surface area contributed by atoms with Gasteiger partial charge in [0.15, 0.2) is 0 Å². The molecule has 0 amide bonds. The maximum absolute atomic E-state index is 3.58. The summed E-state index contributed by atoms with van der Waals surface area (Å²) in [4.78, 5) is 6.08. The molecule has 0 atom stereocenters. The third-order valence-electron chi connectivity index (χ3n) is 3.78. The first-order chi connectivity index (χ1) is 7.93. The van der Waals surface area contributed by atoms with E-state index in [1.807, 2.05) is 0 Å². The summed E-state index contributed by atoms with van der Waals surface area (Å²) < 4.78 is 0. The van der Waals surface area contributed by atoms with Crippen LogP contribution in [0.15, 0.2) is 30.3 Å². The van der Waals surface area contributed by atoms with Crippen molar-refractivity contribution in [2.75, 3.05) is 13.1 Å². The van der Waals surface area contributed by atoms with Crippen molar-refractivity contribution in [3.8, 4) is 0 Å². The highest BCUT2D eigenvalue weighted by Crippen LogP contribution is 2.36. The van der Waals surface area contributed by atoms with Gasteiger partial charge < -0.3 is 9.88 Å². The molecule has 1 N–H and O–H groups in total. The van der Waals surface area contributed by atoms with Crippen molar-refractivity contribution in [1.29, 1.82) is 0 Å². The van der Waals surface area contributed by atoms with Crippen LogP contribution in [-0.2, 0) is 6.42 Å². The third-order valence-corrected chi connectivity index (χ3v) is 3.78. The molecule has 2 aliphatic heterocycles. The number of aromatic nitrogens is 1.